The van der Waals surface area contributed by atoms with Crippen LogP contribution in [0.2, 0.25) is 0 Å². The highest BCUT2D eigenvalue weighted by Crippen LogP contribution is 2.16. The zero-order valence-corrected chi connectivity index (χ0v) is 9.49. The molecule has 3 aromatic rings. The van der Waals surface area contributed by atoms with Crippen molar-refractivity contribution in [3.63, 3.8) is 0 Å². The molecule has 0 saturated heterocycles. The molecule has 3 aromatic heterocycles. The largest absolute Gasteiger partial charge is 0.469 e. The summed E-state index contributed by atoms with van der Waals surface area (Å²) in [5.74, 6) is 0.638. The van der Waals surface area contributed by atoms with Gasteiger partial charge in [-0.3, -0.25) is 4.79 Å². The van der Waals surface area contributed by atoms with Crippen LogP contribution in [0.5, 0.6) is 0 Å². The van der Waals surface area contributed by atoms with E-state index in [1.54, 1.807) is 13.0 Å². The fraction of sp³-hybridized carbons (Fsp3) is 0.0909. The Balaban J connectivity index is 2.15. The summed E-state index contributed by atoms with van der Waals surface area (Å²) in [5.41, 5.74) is 6.88. The minimum Gasteiger partial charge on any atom is -0.469 e. The van der Waals surface area contributed by atoms with Crippen molar-refractivity contribution in [1.82, 2.24) is 19.5 Å². The fourth-order valence-electron chi connectivity index (χ4n) is 1.70. The van der Waals surface area contributed by atoms with Crippen molar-refractivity contribution >= 4 is 22.9 Å². The summed E-state index contributed by atoms with van der Waals surface area (Å²) in [5, 5.41) is 0. The third kappa shape index (κ3) is 1.45. The summed E-state index contributed by atoms with van der Waals surface area (Å²) in [6, 6.07) is 1.65. The third-order valence-corrected chi connectivity index (χ3v) is 2.56. The first-order valence-electron chi connectivity index (χ1n) is 5.20. The van der Waals surface area contributed by atoms with Crippen LogP contribution in [0.3, 0.4) is 0 Å². The summed E-state index contributed by atoms with van der Waals surface area (Å²) in [7, 11) is 0. The molecule has 90 valence electrons. The lowest BCUT2D eigenvalue weighted by Crippen LogP contribution is -2.10. The van der Waals surface area contributed by atoms with Gasteiger partial charge in [0.25, 0.3) is 5.91 Å². The van der Waals surface area contributed by atoms with Gasteiger partial charge in [-0.25, -0.2) is 19.5 Å². The Morgan fingerprint density at radius 3 is 2.94 bits per heavy atom. The Bertz CT molecular complexity index is 743. The molecule has 0 fully saturated rings. The number of nitrogens with zero attached hydrogens (tertiary/aromatic N) is 4. The van der Waals surface area contributed by atoms with Gasteiger partial charge in [-0.2, -0.15) is 0 Å². The molecule has 3 rings (SSSR count). The Hall–Kier alpha value is -2.70. The van der Waals surface area contributed by atoms with E-state index in [1.807, 2.05) is 0 Å². The number of carbonyl (C=O) groups excluding carboxylic acids is 1. The van der Waals surface area contributed by atoms with Gasteiger partial charge in [-0.05, 0) is 13.0 Å². The fourth-order valence-corrected chi connectivity index (χ4v) is 1.70. The second-order valence-electron chi connectivity index (χ2n) is 3.80. The van der Waals surface area contributed by atoms with E-state index >= 15 is 0 Å². The minimum absolute atomic E-state index is 0.245. The topological polar surface area (TPSA) is 99.8 Å². The second kappa shape index (κ2) is 3.66. The standard InChI is InChI=1S/C11H9N5O2/c1-6-2-7(3-18-6)11(17)16-5-15-8-9(12)13-4-14-10(8)16/h2-5H,1H3,(H2,12,13,14). The molecule has 7 heteroatoms. The third-order valence-electron chi connectivity index (χ3n) is 2.56. The molecule has 0 aliphatic heterocycles. The van der Waals surface area contributed by atoms with Gasteiger partial charge in [0.15, 0.2) is 17.0 Å². The zero-order chi connectivity index (χ0) is 12.7. The van der Waals surface area contributed by atoms with Crippen molar-refractivity contribution in [2.75, 3.05) is 5.73 Å². The van der Waals surface area contributed by atoms with Crippen molar-refractivity contribution in [1.29, 1.82) is 0 Å². The summed E-state index contributed by atoms with van der Waals surface area (Å²) < 4.78 is 6.42. The van der Waals surface area contributed by atoms with Crippen molar-refractivity contribution in [2.45, 2.75) is 6.92 Å². The summed E-state index contributed by atoms with van der Waals surface area (Å²) in [6.07, 6.45) is 4.07. The number of aromatic nitrogens is 4. The van der Waals surface area contributed by atoms with Crippen LogP contribution >= 0.6 is 0 Å². The van der Waals surface area contributed by atoms with Crippen LogP contribution in [0.25, 0.3) is 11.2 Å². The highest BCUT2D eigenvalue weighted by atomic mass is 16.3. The van der Waals surface area contributed by atoms with Crippen molar-refractivity contribution in [3.8, 4) is 0 Å². The van der Waals surface area contributed by atoms with E-state index < -0.39 is 0 Å². The molecule has 0 spiro atoms. The van der Waals surface area contributed by atoms with E-state index in [1.165, 1.54) is 23.5 Å². The average molecular weight is 243 g/mol. The highest BCUT2D eigenvalue weighted by molar-refractivity contribution is 6.01. The van der Waals surface area contributed by atoms with Crippen LogP contribution in [0, 0.1) is 6.92 Å². The van der Waals surface area contributed by atoms with E-state index in [9.17, 15) is 4.79 Å². The van der Waals surface area contributed by atoms with E-state index in [0.29, 0.717) is 22.5 Å². The number of hydrogen-bond acceptors (Lipinski definition) is 6. The van der Waals surface area contributed by atoms with Gasteiger partial charge in [-0.15, -0.1) is 0 Å². The number of rotatable bonds is 1. The number of anilines is 1. The second-order valence-corrected chi connectivity index (χ2v) is 3.80. The number of nitrogens with two attached hydrogens (primary N) is 1. The number of nitrogen functional groups attached to an aromatic ring is 1. The average Bonchev–Trinajstić information content (AvgIpc) is 2.95. The number of carbonyl (C=O) groups is 1. The summed E-state index contributed by atoms with van der Waals surface area (Å²) >= 11 is 0. The van der Waals surface area contributed by atoms with Gasteiger partial charge in [0.1, 0.15) is 24.7 Å². The van der Waals surface area contributed by atoms with Crippen LogP contribution in [0.1, 0.15) is 16.1 Å². The first-order valence-corrected chi connectivity index (χ1v) is 5.20. The molecule has 3 heterocycles. The predicted octanol–water partition coefficient (Wildman–Crippen LogP) is 0.998. The maximum atomic E-state index is 12.2. The monoisotopic (exact) mass is 243 g/mol. The molecular formula is C11H9N5O2. The summed E-state index contributed by atoms with van der Waals surface area (Å²) in [4.78, 5) is 24.1. The van der Waals surface area contributed by atoms with Gasteiger partial charge in [0.05, 0.1) is 5.56 Å². The Kier molecular flexibility index (Phi) is 2.12. The van der Waals surface area contributed by atoms with Crippen LogP contribution < -0.4 is 5.73 Å². The number of hydrogen-bond donors (Lipinski definition) is 1. The van der Waals surface area contributed by atoms with Crippen molar-refractivity contribution in [3.05, 3.63) is 36.3 Å². The van der Waals surface area contributed by atoms with E-state index in [0.717, 1.165) is 0 Å². The van der Waals surface area contributed by atoms with E-state index in [-0.39, 0.29) is 11.7 Å². The van der Waals surface area contributed by atoms with Crippen molar-refractivity contribution < 1.29 is 9.21 Å². The number of aryl methyl sites for hydroxylation is 1. The van der Waals surface area contributed by atoms with Gasteiger partial charge < -0.3 is 10.2 Å². The minimum atomic E-state index is -0.271. The lowest BCUT2D eigenvalue weighted by atomic mass is 10.3. The SMILES string of the molecule is Cc1cc(C(=O)n2cnc3c(N)ncnc32)co1. The Morgan fingerprint density at radius 2 is 2.22 bits per heavy atom. The molecule has 0 aliphatic rings. The lowest BCUT2D eigenvalue weighted by molar-refractivity contribution is 0.0963. The first kappa shape index (κ1) is 10.5. The van der Waals surface area contributed by atoms with Gasteiger partial charge >= 0.3 is 0 Å². The molecule has 0 unspecified atom stereocenters. The zero-order valence-electron chi connectivity index (χ0n) is 9.49. The first-order chi connectivity index (χ1) is 8.66. The molecule has 0 amide bonds. The number of furan rings is 1. The number of imidazole rings is 1. The lowest BCUT2D eigenvalue weighted by Gasteiger charge is -1.99. The van der Waals surface area contributed by atoms with Crippen LogP contribution in [-0.2, 0) is 0 Å². The molecular weight excluding hydrogens is 234 g/mol. The maximum Gasteiger partial charge on any atom is 0.268 e. The molecule has 0 saturated carbocycles. The van der Waals surface area contributed by atoms with Gasteiger partial charge in [-0.1, -0.05) is 0 Å². The van der Waals surface area contributed by atoms with Crippen LogP contribution in [-0.4, -0.2) is 25.4 Å². The molecule has 18 heavy (non-hydrogen) atoms. The maximum absolute atomic E-state index is 12.2. The Labute approximate surface area is 101 Å². The molecule has 7 nitrogen and oxygen atoms in total. The number of fused-ring (bicyclic) bond motifs is 1. The van der Waals surface area contributed by atoms with Crippen molar-refractivity contribution in [2.24, 2.45) is 0 Å². The molecule has 0 aliphatic carbocycles. The molecule has 0 aromatic carbocycles. The van der Waals surface area contributed by atoms with Gasteiger partial charge in [0, 0.05) is 0 Å². The van der Waals surface area contributed by atoms with E-state index in [4.69, 9.17) is 10.2 Å². The quantitative estimate of drug-likeness (QED) is 0.684. The van der Waals surface area contributed by atoms with Crippen LogP contribution in [0.15, 0.2) is 29.4 Å². The molecule has 0 radical (unpaired) electrons. The Morgan fingerprint density at radius 1 is 1.39 bits per heavy atom. The molecule has 0 atom stereocenters. The normalized spacial score (nSPS) is 10.9. The highest BCUT2D eigenvalue weighted by Gasteiger charge is 2.16. The molecule has 0 bridgehead atoms. The van der Waals surface area contributed by atoms with E-state index in [2.05, 4.69) is 15.0 Å². The smallest absolute Gasteiger partial charge is 0.268 e. The van der Waals surface area contributed by atoms with Crippen LogP contribution in [0.4, 0.5) is 5.82 Å². The van der Waals surface area contributed by atoms with Gasteiger partial charge in [0.2, 0.25) is 0 Å². The summed E-state index contributed by atoms with van der Waals surface area (Å²) in [6.45, 7) is 1.77. The molecule has 2 N–H and O–H groups in total. The predicted molar refractivity (Wildman–Crippen MR) is 62.9 cm³/mol.